The quantitative estimate of drug-likeness (QED) is 0.346. The second-order valence-corrected chi connectivity index (χ2v) is 9.93. The average Bonchev–Trinajstić information content (AvgIpc) is 3.23. The number of likely N-dealkylation sites (N-methyl/N-ethyl adjacent to an activating group) is 2. The molecule has 172 valence electrons. The zero-order valence-electron chi connectivity index (χ0n) is 18.5. The molecule has 31 heavy (non-hydrogen) atoms. The van der Waals surface area contributed by atoms with Crippen molar-refractivity contribution in [3.8, 4) is 0 Å². The Labute approximate surface area is 186 Å². The third kappa shape index (κ3) is 4.31. The minimum Gasteiger partial charge on any atom is -0.477 e. The summed E-state index contributed by atoms with van der Waals surface area (Å²) in [4.78, 5) is 52.7. The van der Waals surface area contributed by atoms with Gasteiger partial charge in [-0.15, -0.1) is 11.8 Å². The molecule has 0 radical (unpaired) electrons. The maximum absolute atomic E-state index is 12.9. The Kier molecular flexibility index (Phi) is 6.97. The Balaban J connectivity index is 1.74. The topological polar surface area (TPSA) is 131 Å². The van der Waals surface area contributed by atoms with Crippen LogP contribution in [-0.4, -0.2) is 96.2 Å². The molecule has 2 fully saturated rings. The van der Waals surface area contributed by atoms with Gasteiger partial charge in [0.25, 0.3) is 0 Å². The molecule has 2 unspecified atom stereocenters. The summed E-state index contributed by atoms with van der Waals surface area (Å²) in [5, 5.41) is 18.7. The van der Waals surface area contributed by atoms with Crippen LogP contribution in [0.1, 0.15) is 20.3 Å². The number of aliphatic carboxylic acids is 1. The second kappa shape index (κ2) is 9.17. The van der Waals surface area contributed by atoms with Crippen molar-refractivity contribution in [3.05, 3.63) is 10.6 Å². The lowest BCUT2D eigenvalue weighted by Crippen LogP contribution is -2.66. The molecule has 3 amide bonds. The van der Waals surface area contributed by atoms with Crippen LogP contribution in [0.25, 0.3) is 0 Å². The third-order valence-corrected chi connectivity index (χ3v) is 7.69. The lowest BCUT2D eigenvalue weighted by molar-refractivity contribution is -0.158. The van der Waals surface area contributed by atoms with E-state index in [1.54, 1.807) is 33.0 Å². The number of nitrogens with one attached hydrogen (secondary N) is 3. The molecule has 2 saturated heterocycles. The van der Waals surface area contributed by atoms with Gasteiger partial charge in [-0.1, -0.05) is 6.92 Å². The van der Waals surface area contributed by atoms with Gasteiger partial charge in [-0.05, 0) is 20.4 Å². The van der Waals surface area contributed by atoms with Crippen LogP contribution in [0.3, 0.4) is 0 Å². The van der Waals surface area contributed by atoms with Gasteiger partial charge in [0.05, 0.1) is 24.5 Å². The second-order valence-electron chi connectivity index (χ2n) is 8.59. The van der Waals surface area contributed by atoms with E-state index < -0.39 is 17.9 Å². The van der Waals surface area contributed by atoms with Crippen molar-refractivity contribution in [2.24, 2.45) is 11.8 Å². The number of hydrogen-bond acceptors (Lipinski definition) is 7. The van der Waals surface area contributed by atoms with E-state index in [0.29, 0.717) is 17.9 Å². The molecule has 6 atom stereocenters. The molecule has 3 aliphatic heterocycles. The fourth-order valence-corrected chi connectivity index (χ4v) is 6.20. The van der Waals surface area contributed by atoms with Crippen LogP contribution in [0.5, 0.6) is 0 Å². The first-order valence-corrected chi connectivity index (χ1v) is 11.3. The minimum atomic E-state index is -1.12. The van der Waals surface area contributed by atoms with Crippen molar-refractivity contribution < 1.29 is 24.3 Å². The van der Waals surface area contributed by atoms with Gasteiger partial charge in [-0.25, -0.2) is 4.79 Å². The number of fused-ring (bicyclic) bond motifs is 1. The van der Waals surface area contributed by atoms with E-state index in [4.69, 9.17) is 0 Å². The highest BCUT2D eigenvalue weighted by atomic mass is 32.2. The molecule has 0 aliphatic carbocycles. The Morgan fingerprint density at radius 2 is 2.03 bits per heavy atom. The van der Waals surface area contributed by atoms with Gasteiger partial charge in [-0.3, -0.25) is 14.4 Å². The Bertz CT molecular complexity index is 816. The van der Waals surface area contributed by atoms with Crippen LogP contribution in [0, 0.1) is 11.8 Å². The number of thioether (sulfide) groups is 1. The summed E-state index contributed by atoms with van der Waals surface area (Å²) in [5.41, 5.74) is 0.0416. The van der Waals surface area contributed by atoms with E-state index in [9.17, 15) is 24.3 Å². The zero-order chi connectivity index (χ0) is 23.0. The predicted molar refractivity (Wildman–Crippen MR) is 116 cm³/mol. The van der Waals surface area contributed by atoms with Crippen LogP contribution in [0.4, 0.5) is 0 Å². The summed E-state index contributed by atoms with van der Waals surface area (Å²) >= 11 is 1.45. The number of nitrogens with zero attached hydrogens (tertiary/aromatic N) is 2. The summed E-state index contributed by atoms with van der Waals surface area (Å²) in [7, 11) is 5.09. The number of amides is 3. The number of carboxylic acid groups (broad SMARTS) is 1. The summed E-state index contributed by atoms with van der Waals surface area (Å²) in [5.74, 6) is -2.23. The normalized spacial score (nSPS) is 30.7. The summed E-state index contributed by atoms with van der Waals surface area (Å²) in [6.45, 7) is 4.46. The van der Waals surface area contributed by atoms with Gasteiger partial charge in [0.1, 0.15) is 5.70 Å². The molecule has 0 aromatic heterocycles. The number of carboxylic acids is 1. The van der Waals surface area contributed by atoms with E-state index in [1.165, 1.54) is 16.7 Å². The molecule has 3 aliphatic rings. The van der Waals surface area contributed by atoms with Crippen molar-refractivity contribution in [1.29, 1.82) is 0 Å². The molecule has 0 aromatic carbocycles. The van der Waals surface area contributed by atoms with E-state index in [-0.39, 0.29) is 53.2 Å². The van der Waals surface area contributed by atoms with E-state index >= 15 is 0 Å². The Hall–Kier alpha value is -2.11. The fourth-order valence-electron chi connectivity index (χ4n) is 4.72. The highest BCUT2D eigenvalue weighted by Crippen LogP contribution is 2.51. The number of β-lactam (4-membered cyclic amide) rings is 1. The van der Waals surface area contributed by atoms with Crippen LogP contribution in [0.2, 0.25) is 0 Å². The van der Waals surface area contributed by atoms with Crippen molar-refractivity contribution in [2.45, 2.75) is 43.6 Å². The van der Waals surface area contributed by atoms with Crippen LogP contribution >= 0.6 is 11.8 Å². The van der Waals surface area contributed by atoms with E-state index in [0.717, 1.165) is 0 Å². The molecule has 0 aromatic rings. The summed E-state index contributed by atoms with van der Waals surface area (Å²) < 4.78 is 0. The van der Waals surface area contributed by atoms with Crippen molar-refractivity contribution in [1.82, 2.24) is 25.8 Å². The van der Waals surface area contributed by atoms with Crippen LogP contribution in [-0.2, 0) is 19.2 Å². The fraction of sp³-hybridized carbons (Fsp3) is 0.700. The highest BCUT2D eigenvalue weighted by Gasteiger charge is 2.60. The van der Waals surface area contributed by atoms with Gasteiger partial charge < -0.3 is 30.9 Å². The SMILES string of the molecule is CNCC(=O)N[C@H](C)[C@H]1C(=O)N2C(C(=O)O)=C(SC3CNC(C(=O)N(C)C)C3)[C@H](C)[C@H]12. The monoisotopic (exact) mass is 453 g/mol. The van der Waals surface area contributed by atoms with Gasteiger partial charge in [0.2, 0.25) is 17.7 Å². The molecule has 11 heteroatoms. The van der Waals surface area contributed by atoms with Gasteiger partial charge in [0, 0.05) is 42.8 Å². The standard InChI is InChI=1S/C20H31N5O5S/c1-9-15-14(10(2)23-13(26)8-21-3)19(28)25(15)16(20(29)30)17(9)31-11-6-12(22-7-11)18(27)24(4)5/h9-12,14-15,21-22H,6-8H2,1-5H3,(H,23,26)(H,29,30)/t9-,10-,11?,12?,14-,15-/m1/s1. The molecule has 10 nitrogen and oxygen atoms in total. The zero-order valence-corrected chi connectivity index (χ0v) is 19.3. The number of hydrogen-bond donors (Lipinski definition) is 4. The van der Waals surface area contributed by atoms with Gasteiger partial charge >= 0.3 is 5.97 Å². The first-order chi connectivity index (χ1) is 14.6. The van der Waals surface area contributed by atoms with E-state index in [2.05, 4.69) is 16.0 Å². The molecular weight excluding hydrogens is 422 g/mol. The summed E-state index contributed by atoms with van der Waals surface area (Å²) in [6, 6.07) is -0.974. The molecule has 3 heterocycles. The Morgan fingerprint density at radius 1 is 1.35 bits per heavy atom. The highest BCUT2D eigenvalue weighted by molar-refractivity contribution is 8.03. The summed E-state index contributed by atoms with van der Waals surface area (Å²) in [6.07, 6.45) is 0.601. The molecule has 0 saturated carbocycles. The number of rotatable bonds is 8. The first-order valence-electron chi connectivity index (χ1n) is 10.4. The molecular formula is C20H31N5O5S. The average molecular weight is 454 g/mol. The molecule has 3 rings (SSSR count). The maximum Gasteiger partial charge on any atom is 0.353 e. The predicted octanol–water partition coefficient (Wildman–Crippen LogP) is -0.965. The number of carbonyl (C=O) groups is 4. The van der Waals surface area contributed by atoms with E-state index in [1.807, 2.05) is 6.92 Å². The molecule has 0 bridgehead atoms. The Morgan fingerprint density at radius 3 is 2.61 bits per heavy atom. The lowest BCUT2D eigenvalue weighted by Gasteiger charge is -2.47. The van der Waals surface area contributed by atoms with Crippen molar-refractivity contribution >= 4 is 35.5 Å². The maximum atomic E-state index is 12.9. The third-order valence-electron chi connectivity index (χ3n) is 6.18. The largest absolute Gasteiger partial charge is 0.477 e. The van der Waals surface area contributed by atoms with Crippen LogP contribution in [0.15, 0.2) is 10.6 Å². The minimum absolute atomic E-state index is 0.000190. The lowest BCUT2D eigenvalue weighted by atomic mass is 9.78. The molecule has 4 N–H and O–H groups in total. The van der Waals surface area contributed by atoms with Gasteiger partial charge in [-0.2, -0.15) is 0 Å². The number of carbonyl (C=O) groups excluding carboxylic acids is 3. The van der Waals surface area contributed by atoms with Crippen LogP contribution < -0.4 is 16.0 Å². The van der Waals surface area contributed by atoms with Gasteiger partial charge in [0.15, 0.2) is 0 Å². The first kappa shape index (κ1) is 23.6. The smallest absolute Gasteiger partial charge is 0.353 e. The van der Waals surface area contributed by atoms with Crippen molar-refractivity contribution in [2.75, 3.05) is 34.2 Å². The molecule has 0 spiro atoms. The van der Waals surface area contributed by atoms with Crippen molar-refractivity contribution in [3.63, 3.8) is 0 Å².